The molecule has 0 bridgehead atoms. The quantitative estimate of drug-likeness (QED) is 0.573. The van der Waals surface area contributed by atoms with Crippen LogP contribution in [0.4, 0.5) is 11.5 Å². The van der Waals surface area contributed by atoms with Crippen LogP contribution in [0.5, 0.6) is 0 Å². The summed E-state index contributed by atoms with van der Waals surface area (Å²) in [6.45, 7) is 4.09. The number of aliphatic imine (C=N–C) groups is 1. The van der Waals surface area contributed by atoms with Gasteiger partial charge in [-0.3, -0.25) is 4.79 Å². The number of primary amides is 1. The molecule has 1 amide bonds. The number of hydrogen-bond acceptors (Lipinski definition) is 4. The first kappa shape index (κ1) is 21.2. The summed E-state index contributed by atoms with van der Waals surface area (Å²) in [5.74, 6) is 1.49. The van der Waals surface area contributed by atoms with Crippen molar-refractivity contribution < 1.29 is 4.79 Å². The van der Waals surface area contributed by atoms with Crippen LogP contribution in [0.25, 0.3) is 0 Å². The van der Waals surface area contributed by atoms with Crippen LogP contribution in [-0.2, 0) is 11.3 Å². The maximum absolute atomic E-state index is 11.7. The highest BCUT2D eigenvalue weighted by atomic mass is 16.1. The molecule has 4 rings (SSSR count). The molecular weight excluding hydrogens is 388 g/mol. The Morgan fingerprint density at radius 2 is 1.87 bits per heavy atom. The number of likely N-dealkylation sites (tertiary alicyclic amines) is 1. The van der Waals surface area contributed by atoms with Crippen molar-refractivity contribution in [3.05, 3.63) is 54.2 Å². The molecule has 3 heterocycles. The van der Waals surface area contributed by atoms with Crippen LogP contribution in [0, 0.1) is 5.92 Å². The molecule has 1 atom stereocenters. The monoisotopic (exact) mass is 420 g/mol. The smallest absolute Gasteiger partial charge is 0.222 e. The predicted octanol–water partition coefficient (Wildman–Crippen LogP) is 3.24. The number of nitrogens with zero attached hydrogens (tertiary/aromatic N) is 4. The molecular formula is C24H32N6O. The van der Waals surface area contributed by atoms with Crippen molar-refractivity contribution in [1.29, 1.82) is 0 Å². The lowest BCUT2D eigenvalue weighted by molar-refractivity contribution is -0.122. The lowest BCUT2D eigenvalue weighted by Gasteiger charge is -2.33. The zero-order valence-corrected chi connectivity index (χ0v) is 18.0. The van der Waals surface area contributed by atoms with Gasteiger partial charge in [-0.25, -0.2) is 9.98 Å². The molecule has 1 aromatic carbocycles. The van der Waals surface area contributed by atoms with Crippen molar-refractivity contribution in [2.45, 2.75) is 38.6 Å². The molecule has 0 saturated carbocycles. The minimum atomic E-state index is -0.223. The first-order valence-corrected chi connectivity index (χ1v) is 11.3. The molecule has 2 aromatic rings. The van der Waals surface area contributed by atoms with Gasteiger partial charge in [-0.05, 0) is 50.3 Å². The van der Waals surface area contributed by atoms with E-state index in [-0.39, 0.29) is 11.8 Å². The van der Waals surface area contributed by atoms with Crippen molar-refractivity contribution in [1.82, 2.24) is 9.88 Å². The average Bonchev–Trinajstić information content (AvgIpc) is 2.83. The minimum Gasteiger partial charge on any atom is -0.369 e. The molecule has 2 fully saturated rings. The van der Waals surface area contributed by atoms with Crippen LogP contribution < -0.4 is 16.0 Å². The molecule has 31 heavy (non-hydrogen) atoms. The molecule has 2 aliphatic heterocycles. The van der Waals surface area contributed by atoms with Gasteiger partial charge in [-0.15, -0.1) is 0 Å². The summed E-state index contributed by atoms with van der Waals surface area (Å²) in [6, 6.07) is 14.2. The van der Waals surface area contributed by atoms with Gasteiger partial charge in [-0.2, -0.15) is 0 Å². The van der Waals surface area contributed by atoms with Crippen LogP contribution in [0.3, 0.4) is 0 Å². The Kier molecular flexibility index (Phi) is 7.02. The number of carbonyl (C=O) groups excluding carboxylic acids is 1. The van der Waals surface area contributed by atoms with Crippen LogP contribution >= 0.6 is 0 Å². The van der Waals surface area contributed by atoms with E-state index in [1.807, 2.05) is 30.5 Å². The number of amides is 1. The maximum atomic E-state index is 11.7. The fraction of sp³-hybridized carbons (Fsp3) is 0.458. The second kappa shape index (κ2) is 10.3. The first-order valence-electron chi connectivity index (χ1n) is 11.3. The zero-order valence-electron chi connectivity index (χ0n) is 18.0. The fourth-order valence-corrected chi connectivity index (χ4v) is 4.38. The molecule has 164 valence electrons. The van der Waals surface area contributed by atoms with E-state index in [2.05, 4.69) is 38.3 Å². The van der Waals surface area contributed by atoms with Gasteiger partial charge < -0.3 is 20.9 Å². The van der Waals surface area contributed by atoms with Crippen molar-refractivity contribution >= 4 is 23.4 Å². The Labute approximate surface area is 184 Å². The van der Waals surface area contributed by atoms with Crippen molar-refractivity contribution in [2.24, 2.45) is 16.6 Å². The molecule has 0 spiro atoms. The number of piperidine rings is 2. The number of hydrogen-bond donors (Lipinski definition) is 2. The summed E-state index contributed by atoms with van der Waals surface area (Å²) in [5, 5.41) is 3.52. The molecule has 7 nitrogen and oxygen atoms in total. The number of para-hydroxylation sites is 1. The van der Waals surface area contributed by atoms with Gasteiger partial charge in [0.05, 0.1) is 12.5 Å². The van der Waals surface area contributed by atoms with E-state index in [1.54, 1.807) is 0 Å². The fourth-order valence-electron chi connectivity index (χ4n) is 4.38. The van der Waals surface area contributed by atoms with Crippen molar-refractivity contribution in [3.8, 4) is 0 Å². The normalized spacial score (nSPS) is 19.9. The van der Waals surface area contributed by atoms with Gasteiger partial charge in [0.1, 0.15) is 5.82 Å². The van der Waals surface area contributed by atoms with E-state index in [9.17, 15) is 4.79 Å². The third kappa shape index (κ3) is 5.54. The number of guanidine groups is 1. The standard InChI is InChI=1S/C24H32N6O/c25-22(31)20-10-8-16-30(18-20)23-19(9-7-13-26-23)17-27-24(29-14-5-2-6-15-29)28-21-11-3-1-4-12-21/h1,3-4,7,9,11-13,20H,2,5-6,8,10,14-18H2,(H2,25,31)(H,27,28). The molecule has 1 aromatic heterocycles. The Bertz CT molecular complexity index is 894. The van der Waals surface area contributed by atoms with Gasteiger partial charge in [0, 0.05) is 43.6 Å². The van der Waals surface area contributed by atoms with Crippen LogP contribution in [0.1, 0.15) is 37.7 Å². The topological polar surface area (TPSA) is 86.9 Å². The Hall–Kier alpha value is -3.09. The highest BCUT2D eigenvalue weighted by molar-refractivity contribution is 5.93. The Morgan fingerprint density at radius 1 is 1.06 bits per heavy atom. The number of carbonyl (C=O) groups is 1. The highest BCUT2D eigenvalue weighted by Crippen LogP contribution is 2.25. The van der Waals surface area contributed by atoms with E-state index < -0.39 is 0 Å². The molecule has 1 unspecified atom stereocenters. The van der Waals surface area contributed by atoms with Gasteiger partial charge in [0.15, 0.2) is 5.96 Å². The third-order valence-corrected chi connectivity index (χ3v) is 6.08. The summed E-state index contributed by atoms with van der Waals surface area (Å²) in [4.78, 5) is 25.9. The van der Waals surface area contributed by atoms with E-state index in [0.717, 1.165) is 55.5 Å². The van der Waals surface area contributed by atoms with Gasteiger partial charge in [-0.1, -0.05) is 24.3 Å². The summed E-state index contributed by atoms with van der Waals surface area (Å²) in [7, 11) is 0. The van der Waals surface area contributed by atoms with E-state index in [1.165, 1.54) is 19.3 Å². The second-order valence-electron chi connectivity index (χ2n) is 8.35. The van der Waals surface area contributed by atoms with Gasteiger partial charge in [0.2, 0.25) is 5.91 Å². The number of benzene rings is 1. The maximum Gasteiger partial charge on any atom is 0.222 e. The molecule has 0 radical (unpaired) electrons. The van der Waals surface area contributed by atoms with Crippen LogP contribution in [0.2, 0.25) is 0 Å². The zero-order chi connectivity index (χ0) is 21.5. The van der Waals surface area contributed by atoms with Gasteiger partial charge in [0.25, 0.3) is 0 Å². The Balaban J connectivity index is 1.55. The number of rotatable bonds is 5. The minimum absolute atomic E-state index is 0.115. The van der Waals surface area contributed by atoms with E-state index in [4.69, 9.17) is 10.7 Å². The summed E-state index contributed by atoms with van der Waals surface area (Å²) < 4.78 is 0. The van der Waals surface area contributed by atoms with Crippen molar-refractivity contribution in [2.75, 3.05) is 36.4 Å². The SMILES string of the molecule is NC(=O)C1CCCN(c2ncccc2CN=C(Nc2ccccc2)N2CCCCC2)C1. The number of anilines is 2. The van der Waals surface area contributed by atoms with Crippen LogP contribution in [-0.4, -0.2) is 47.9 Å². The summed E-state index contributed by atoms with van der Waals surface area (Å²) in [6.07, 6.45) is 7.27. The summed E-state index contributed by atoms with van der Waals surface area (Å²) in [5.41, 5.74) is 7.69. The predicted molar refractivity (Wildman–Crippen MR) is 125 cm³/mol. The number of nitrogens with one attached hydrogen (secondary N) is 1. The number of aromatic nitrogens is 1. The van der Waals surface area contributed by atoms with Crippen LogP contribution in [0.15, 0.2) is 53.7 Å². The lowest BCUT2D eigenvalue weighted by Crippen LogP contribution is -2.42. The number of nitrogens with two attached hydrogens (primary N) is 1. The number of pyridine rings is 1. The highest BCUT2D eigenvalue weighted by Gasteiger charge is 2.26. The third-order valence-electron chi connectivity index (χ3n) is 6.08. The first-order chi connectivity index (χ1) is 15.2. The van der Waals surface area contributed by atoms with Crippen molar-refractivity contribution in [3.63, 3.8) is 0 Å². The van der Waals surface area contributed by atoms with E-state index in [0.29, 0.717) is 13.1 Å². The lowest BCUT2D eigenvalue weighted by atomic mass is 9.97. The average molecular weight is 421 g/mol. The van der Waals surface area contributed by atoms with Gasteiger partial charge >= 0.3 is 0 Å². The Morgan fingerprint density at radius 3 is 2.65 bits per heavy atom. The largest absolute Gasteiger partial charge is 0.369 e. The molecule has 2 saturated heterocycles. The molecule has 2 aliphatic rings. The molecule has 3 N–H and O–H groups in total. The molecule has 7 heteroatoms. The second-order valence-corrected chi connectivity index (χ2v) is 8.35. The summed E-state index contributed by atoms with van der Waals surface area (Å²) >= 11 is 0. The molecule has 0 aliphatic carbocycles. The van der Waals surface area contributed by atoms with E-state index >= 15 is 0 Å².